The number of nitrogens with zero attached hydrogens (tertiary/aromatic N) is 1. The van der Waals surface area contributed by atoms with Gasteiger partial charge in [0, 0.05) is 17.6 Å². The van der Waals surface area contributed by atoms with E-state index in [0.717, 1.165) is 12.4 Å². The van der Waals surface area contributed by atoms with E-state index in [4.69, 9.17) is 0 Å². The van der Waals surface area contributed by atoms with Crippen molar-refractivity contribution < 1.29 is 8.78 Å². The van der Waals surface area contributed by atoms with E-state index in [-0.39, 0.29) is 17.6 Å². The second-order valence-corrected chi connectivity index (χ2v) is 4.19. The molecular formula is C10H14F2N2. The van der Waals surface area contributed by atoms with Gasteiger partial charge in [-0.05, 0) is 20.8 Å². The van der Waals surface area contributed by atoms with Crippen LogP contribution in [0.4, 0.5) is 8.78 Å². The van der Waals surface area contributed by atoms with Gasteiger partial charge in [-0.2, -0.15) is 0 Å². The SMILES string of the molecule is CC(C)(C)NCc1c(F)cncc1F. The number of hydrogen-bond donors (Lipinski definition) is 1. The predicted octanol–water partition coefficient (Wildman–Crippen LogP) is 2.25. The number of hydrogen-bond acceptors (Lipinski definition) is 2. The Morgan fingerprint density at radius 3 is 2.14 bits per heavy atom. The van der Waals surface area contributed by atoms with E-state index < -0.39 is 11.6 Å². The fourth-order valence-electron chi connectivity index (χ4n) is 0.960. The van der Waals surface area contributed by atoms with Gasteiger partial charge in [-0.1, -0.05) is 0 Å². The predicted molar refractivity (Wildman–Crippen MR) is 50.7 cm³/mol. The summed E-state index contributed by atoms with van der Waals surface area (Å²) in [5.74, 6) is -1.22. The Balaban J connectivity index is 2.77. The Bertz CT molecular complexity index is 298. The van der Waals surface area contributed by atoms with Crippen LogP contribution in [0.1, 0.15) is 26.3 Å². The van der Waals surface area contributed by atoms with Crippen LogP contribution in [0.5, 0.6) is 0 Å². The highest BCUT2D eigenvalue weighted by molar-refractivity contribution is 5.14. The lowest BCUT2D eigenvalue weighted by Gasteiger charge is -2.20. The van der Waals surface area contributed by atoms with Crippen LogP contribution in [0.25, 0.3) is 0 Å². The quantitative estimate of drug-likeness (QED) is 0.792. The summed E-state index contributed by atoms with van der Waals surface area (Å²) < 4.78 is 26.2. The molecule has 0 saturated carbocycles. The highest BCUT2D eigenvalue weighted by Crippen LogP contribution is 2.11. The molecule has 0 aliphatic carbocycles. The number of rotatable bonds is 2. The molecule has 2 nitrogen and oxygen atoms in total. The molecule has 0 saturated heterocycles. The van der Waals surface area contributed by atoms with Crippen molar-refractivity contribution in [2.45, 2.75) is 32.9 Å². The normalized spacial score (nSPS) is 11.8. The second kappa shape index (κ2) is 4.00. The van der Waals surface area contributed by atoms with Crippen LogP contribution < -0.4 is 5.32 Å². The molecule has 0 unspecified atom stereocenters. The second-order valence-electron chi connectivity index (χ2n) is 4.19. The maximum absolute atomic E-state index is 13.1. The summed E-state index contributed by atoms with van der Waals surface area (Å²) in [4.78, 5) is 3.41. The van der Waals surface area contributed by atoms with Crippen LogP contribution in [0.3, 0.4) is 0 Å². The van der Waals surface area contributed by atoms with Crippen molar-refractivity contribution in [3.05, 3.63) is 29.6 Å². The van der Waals surface area contributed by atoms with E-state index >= 15 is 0 Å². The average molecular weight is 200 g/mol. The lowest BCUT2D eigenvalue weighted by Crippen LogP contribution is -2.35. The highest BCUT2D eigenvalue weighted by atomic mass is 19.1. The number of aromatic nitrogens is 1. The Morgan fingerprint density at radius 2 is 1.71 bits per heavy atom. The highest BCUT2D eigenvalue weighted by Gasteiger charge is 2.13. The molecule has 0 amide bonds. The molecule has 1 rings (SSSR count). The van der Waals surface area contributed by atoms with Gasteiger partial charge in [0.05, 0.1) is 12.4 Å². The summed E-state index contributed by atoms with van der Waals surface area (Å²) in [7, 11) is 0. The van der Waals surface area contributed by atoms with Crippen LogP contribution >= 0.6 is 0 Å². The topological polar surface area (TPSA) is 24.9 Å². The van der Waals surface area contributed by atoms with E-state index in [9.17, 15) is 8.78 Å². The molecule has 0 aliphatic heterocycles. The zero-order chi connectivity index (χ0) is 10.8. The molecule has 0 aliphatic rings. The maximum Gasteiger partial charge on any atom is 0.148 e. The first kappa shape index (κ1) is 11.0. The first-order valence-corrected chi connectivity index (χ1v) is 4.43. The summed E-state index contributed by atoms with van der Waals surface area (Å²) in [5.41, 5.74) is -0.128. The van der Waals surface area contributed by atoms with Gasteiger partial charge in [0.1, 0.15) is 11.6 Å². The van der Waals surface area contributed by atoms with Gasteiger partial charge in [0.25, 0.3) is 0 Å². The van der Waals surface area contributed by atoms with E-state index in [2.05, 4.69) is 10.3 Å². The first-order chi connectivity index (χ1) is 6.40. The molecule has 1 aromatic rings. The lowest BCUT2D eigenvalue weighted by molar-refractivity contribution is 0.410. The molecule has 1 heterocycles. The maximum atomic E-state index is 13.1. The molecule has 14 heavy (non-hydrogen) atoms. The molecule has 0 spiro atoms. The van der Waals surface area contributed by atoms with Gasteiger partial charge in [0.15, 0.2) is 0 Å². The fourth-order valence-corrected chi connectivity index (χ4v) is 0.960. The molecule has 0 bridgehead atoms. The van der Waals surface area contributed by atoms with Crippen molar-refractivity contribution in [1.29, 1.82) is 0 Å². The standard InChI is InChI=1S/C10H14F2N2/c1-10(2,3)14-4-7-8(11)5-13-6-9(7)12/h5-6,14H,4H2,1-3H3. The third kappa shape index (κ3) is 3.03. The smallest absolute Gasteiger partial charge is 0.148 e. The van der Waals surface area contributed by atoms with Crippen LogP contribution in [0.15, 0.2) is 12.4 Å². The van der Waals surface area contributed by atoms with E-state index in [1.54, 1.807) is 0 Å². The summed E-state index contributed by atoms with van der Waals surface area (Å²) in [6, 6.07) is 0. The monoisotopic (exact) mass is 200 g/mol. The molecule has 1 N–H and O–H groups in total. The lowest BCUT2D eigenvalue weighted by atomic mass is 10.1. The van der Waals surface area contributed by atoms with Gasteiger partial charge in [-0.25, -0.2) is 8.78 Å². The molecule has 0 aromatic carbocycles. The van der Waals surface area contributed by atoms with Gasteiger partial charge < -0.3 is 5.32 Å². The Labute approximate surface area is 82.4 Å². The molecule has 0 radical (unpaired) electrons. The molecular weight excluding hydrogens is 186 g/mol. The molecule has 0 atom stereocenters. The van der Waals surface area contributed by atoms with Crippen LogP contribution in [-0.4, -0.2) is 10.5 Å². The van der Waals surface area contributed by atoms with Crippen LogP contribution in [0.2, 0.25) is 0 Å². The summed E-state index contributed by atoms with van der Waals surface area (Å²) in [6.45, 7) is 5.97. The van der Waals surface area contributed by atoms with Crippen molar-refractivity contribution in [3.8, 4) is 0 Å². The zero-order valence-corrected chi connectivity index (χ0v) is 8.56. The Hall–Kier alpha value is -1.03. The Kier molecular flexibility index (Phi) is 3.16. The van der Waals surface area contributed by atoms with Crippen molar-refractivity contribution in [2.75, 3.05) is 0 Å². The minimum absolute atomic E-state index is 0.0370. The third-order valence-corrected chi connectivity index (χ3v) is 1.75. The van der Waals surface area contributed by atoms with Crippen LogP contribution in [0, 0.1) is 11.6 Å². The van der Waals surface area contributed by atoms with Gasteiger partial charge >= 0.3 is 0 Å². The fraction of sp³-hybridized carbons (Fsp3) is 0.500. The Morgan fingerprint density at radius 1 is 1.21 bits per heavy atom. The van der Waals surface area contributed by atoms with E-state index in [1.165, 1.54) is 0 Å². The number of halogens is 2. The summed E-state index contributed by atoms with van der Waals surface area (Å²) >= 11 is 0. The van der Waals surface area contributed by atoms with E-state index in [0.29, 0.717) is 0 Å². The van der Waals surface area contributed by atoms with Gasteiger partial charge in [-0.3, -0.25) is 4.98 Å². The largest absolute Gasteiger partial charge is 0.308 e. The average Bonchev–Trinajstić information content (AvgIpc) is 2.01. The van der Waals surface area contributed by atoms with E-state index in [1.807, 2.05) is 20.8 Å². The van der Waals surface area contributed by atoms with Crippen molar-refractivity contribution in [2.24, 2.45) is 0 Å². The minimum atomic E-state index is -0.609. The summed E-state index contributed by atoms with van der Waals surface area (Å²) in [5, 5.41) is 3.01. The molecule has 0 fully saturated rings. The molecule has 1 aromatic heterocycles. The molecule has 4 heteroatoms. The van der Waals surface area contributed by atoms with Crippen LogP contribution in [-0.2, 0) is 6.54 Å². The van der Waals surface area contributed by atoms with Gasteiger partial charge in [0.2, 0.25) is 0 Å². The van der Waals surface area contributed by atoms with Gasteiger partial charge in [-0.15, -0.1) is 0 Å². The third-order valence-electron chi connectivity index (χ3n) is 1.75. The summed E-state index contributed by atoms with van der Waals surface area (Å²) in [6.07, 6.45) is 2.03. The number of nitrogens with one attached hydrogen (secondary N) is 1. The van der Waals surface area contributed by atoms with Crippen molar-refractivity contribution in [3.63, 3.8) is 0 Å². The minimum Gasteiger partial charge on any atom is -0.308 e. The van der Waals surface area contributed by atoms with Crippen molar-refractivity contribution >= 4 is 0 Å². The molecule has 78 valence electrons. The first-order valence-electron chi connectivity index (χ1n) is 4.43. The zero-order valence-electron chi connectivity index (χ0n) is 8.56. The van der Waals surface area contributed by atoms with Crippen molar-refractivity contribution in [1.82, 2.24) is 10.3 Å². The number of pyridine rings is 1.